The lowest BCUT2D eigenvalue weighted by atomic mass is 9.72. The van der Waals surface area contributed by atoms with Gasteiger partial charge in [-0.25, -0.2) is 0 Å². The molecule has 0 spiro atoms. The molecule has 0 saturated heterocycles. The standard InChI is InChI=1S/C14H20O/c1-5-6-7-8-13-11(2)9-12(15)10-14(13,3)4/h6-9H,5,10H2,1-4H3/b7-6+,13-8+. The molecule has 0 unspecified atom stereocenters. The Kier molecular flexibility index (Phi) is 3.67. The lowest BCUT2D eigenvalue weighted by Gasteiger charge is -2.31. The molecule has 1 nitrogen and oxygen atoms in total. The third-order valence-electron chi connectivity index (χ3n) is 2.78. The second-order valence-electron chi connectivity index (χ2n) is 4.77. The minimum Gasteiger partial charge on any atom is -0.295 e. The summed E-state index contributed by atoms with van der Waals surface area (Å²) in [5.41, 5.74) is 2.37. The van der Waals surface area contributed by atoms with E-state index in [1.54, 1.807) is 6.08 Å². The van der Waals surface area contributed by atoms with Gasteiger partial charge in [-0.2, -0.15) is 0 Å². The van der Waals surface area contributed by atoms with E-state index in [1.165, 1.54) is 5.57 Å². The maximum absolute atomic E-state index is 11.4. The molecule has 1 aliphatic rings. The van der Waals surface area contributed by atoms with E-state index in [9.17, 15) is 4.79 Å². The van der Waals surface area contributed by atoms with Crippen molar-refractivity contribution in [1.29, 1.82) is 0 Å². The molecule has 0 aliphatic heterocycles. The fourth-order valence-electron chi connectivity index (χ4n) is 2.09. The number of rotatable bonds is 2. The van der Waals surface area contributed by atoms with Gasteiger partial charge in [0, 0.05) is 6.42 Å². The first-order valence-corrected chi connectivity index (χ1v) is 5.56. The summed E-state index contributed by atoms with van der Waals surface area (Å²) in [4.78, 5) is 11.4. The number of carbonyl (C=O) groups excluding carboxylic acids is 1. The van der Waals surface area contributed by atoms with Gasteiger partial charge in [-0.05, 0) is 36.0 Å². The van der Waals surface area contributed by atoms with Gasteiger partial charge < -0.3 is 0 Å². The van der Waals surface area contributed by atoms with Gasteiger partial charge in [0.05, 0.1) is 0 Å². The Morgan fingerprint density at radius 1 is 1.47 bits per heavy atom. The number of ketones is 1. The van der Waals surface area contributed by atoms with Gasteiger partial charge in [0.25, 0.3) is 0 Å². The van der Waals surface area contributed by atoms with Crippen LogP contribution in [0.25, 0.3) is 0 Å². The third-order valence-corrected chi connectivity index (χ3v) is 2.78. The maximum atomic E-state index is 11.4. The van der Waals surface area contributed by atoms with Gasteiger partial charge in [0.15, 0.2) is 5.78 Å². The van der Waals surface area contributed by atoms with Crippen molar-refractivity contribution in [2.45, 2.75) is 40.5 Å². The van der Waals surface area contributed by atoms with E-state index in [-0.39, 0.29) is 11.2 Å². The summed E-state index contributed by atoms with van der Waals surface area (Å²) in [5.74, 6) is 0.245. The second kappa shape index (κ2) is 4.61. The molecule has 82 valence electrons. The van der Waals surface area contributed by atoms with Gasteiger partial charge in [-0.15, -0.1) is 0 Å². The van der Waals surface area contributed by atoms with Crippen molar-refractivity contribution in [3.05, 3.63) is 35.5 Å². The van der Waals surface area contributed by atoms with Crippen LogP contribution in [0.2, 0.25) is 0 Å². The summed E-state index contributed by atoms with van der Waals surface area (Å²) in [6.07, 6.45) is 9.79. The van der Waals surface area contributed by atoms with E-state index in [4.69, 9.17) is 0 Å². The molecule has 1 rings (SSSR count). The number of hydrogen-bond donors (Lipinski definition) is 0. The quantitative estimate of drug-likeness (QED) is 0.668. The van der Waals surface area contributed by atoms with Gasteiger partial charge in [-0.1, -0.05) is 39.0 Å². The Morgan fingerprint density at radius 3 is 2.67 bits per heavy atom. The molecule has 1 heteroatoms. The van der Waals surface area contributed by atoms with E-state index in [0.717, 1.165) is 12.0 Å². The zero-order valence-electron chi connectivity index (χ0n) is 10.1. The molecule has 1 aliphatic carbocycles. The van der Waals surface area contributed by atoms with E-state index in [2.05, 4.69) is 39.0 Å². The van der Waals surface area contributed by atoms with Crippen molar-refractivity contribution >= 4 is 5.78 Å². The van der Waals surface area contributed by atoms with Crippen LogP contribution >= 0.6 is 0 Å². The first kappa shape index (κ1) is 12.0. The molecule has 0 aromatic heterocycles. The van der Waals surface area contributed by atoms with Crippen LogP contribution in [0, 0.1) is 5.41 Å². The number of carbonyl (C=O) groups is 1. The average molecular weight is 204 g/mol. The molecule has 0 bridgehead atoms. The van der Waals surface area contributed by atoms with Crippen molar-refractivity contribution in [3.8, 4) is 0 Å². The van der Waals surface area contributed by atoms with Gasteiger partial charge in [-0.3, -0.25) is 4.79 Å². The van der Waals surface area contributed by atoms with Crippen LogP contribution in [0.3, 0.4) is 0 Å². The van der Waals surface area contributed by atoms with Crippen LogP contribution in [-0.4, -0.2) is 5.78 Å². The second-order valence-corrected chi connectivity index (χ2v) is 4.77. The molecule has 0 radical (unpaired) electrons. The molecule has 0 heterocycles. The Labute approximate surface area is 92.6 Å². The Bertz CT molecular complexity index is 340. The molecule has 0 atom stereocenters. The Hall–Kier alpha value is -1.11. The molecule has 0 aromatic rings. The molecule has 0 fully saturated rings. The van der Waals surface area contributed by atoms with Crippen LogP contribution in [-0.2, 0) is 4.79 Å². The molecule has 0 amide bonds. The van der Waals surface area contributed by atoms with E-state index in [0.29, 0.717) is 6.42 Å². The monoisotopic (exact) mass is 204 g/mol. The fourth-order valence-corrected chi connectivity index (χ4v) is 2.09. The summed E-state index contributed by atoms with van der Waals surface area (Å²) in [5, 5.41) is 0. The SMILES string of the molecule is CC/C=C/C=C1\C(C)=CC(=O)CC1(C)C. The summed E-state index contributed by atoms with van der Waals surface area (Å²) in [6.45, 7) is 8.40. The first-order valence-electron chi connectivity index (χ1n) is 5.56. The van der Waals surface area contributed by atoms with Gasteiger partial charge >= 0.3 is 0 Å². The maximum Gasteiger partial charge on any atom is 0.156 e. The number of allylic oxidation sites excluding steroid dienone is 6. The normalized spacial score (nSPS) is 23.6. The van der Waals surface area contributed by atoms with Crippen molar-refractivity contribution in [1.82, 2.24) is 0 Å². The summed E-state index contributed by atoms with van der Waals surface area (Å²) < 4.78 is 0. The van der Waals surface area contributed by atoms with E-state index < -0.39 is 0 Å². The van der Waals surface area contributed by atoms with Crippen molar-refractivity contribution < 1.29 is 4.79 Å². The van der Waals surface area contributed by atoms with Gasteiger partial charge in [0.1, 0.15) is 0 Å². The summed E-state index contributed by atoms with van der Waals surface area (Å²) in [7, 11) is 0. The Morgan fingerprint density at radius 2 is 2.13 bits per heavy atom. The highest BCUT2D eigenvalue weighted by molar-refractivity contribution is 5.93. The Balaban J connectivity index is 3.03. The molecular weight excluding hydrogens is 184 g/mol. The predicted molar refractivity (Wildman–Crippen MR) is 64.7 cm³/mol. The first-order chi connectivity index (χ1) is 6.97. The summed E-state index contributed by atoms with van der Waals surface area (Å²) in [6, 6.07) is 0. The van der Waals surface area contributed by atoms with Crippen LogP contribution in [0.4, 0.5) is 0 Å². The minimum atomic E-state index is -0.0198. The minimum absolute atomic E-state index is 0.0198. The predicted octanol–water partition coefficient (Wildman–Crippen LogP) is 3.82. The lowest BCUT2D eigenvalue weighted by molar-refractivity contribution is -0.116. The molecule has 0 N–H and O–H groups in total. The molecule has 15 heavy (non-hydrogen) atoms. The zero-order valence-corrected chi connectivity index (χ0v) is 10.1. The zero-order chi connectivity index (χ0) is 11.5. The summed E-state index contributed by atoms with van der Waals surface area (Å²) >= 11 is 0. The van der Waals surface area contributed by atoms with Crippen LogP contribution in [0.15, 0.2) is 35.5 Å². The third kappa shape index (κ3) is 2.92. The van der Waals surface area contributed by atoms with Crippen LogP contribution in [0.1, 0.15) is 40.5 Å². The van der Waals surface area contributed by atoms with E-state index in [1.807, 2.05) is 6.92 Å². The van der Waals surface area contributed by atoms with Crippen molar-refractivity contribution in [2.75, 3.05) is 0 Å². The molecule has 0 aromatic carbocycles. The van der Waals surface area contributed by atoms with Crippen LogP contribution < -0.4 is 0 Å². The highest BCUT2D eigenvalue weighted by Gasteiger charge is 2.30. The highest BCUT2D eigenvalue weighted by Crippen LogP contribution is 2.38. The number of hydrogen-bond acceptors (Lipinski definition) is 1. The lowest BCUT2D eigenvalue weighted by Crippen LogP contribution is -2.24. The average Bonchev–Trinajstić information content (AvgIpc) is 2.08. The fraction of sp³-hybridized carbons (Fsp3) is 0.500. The largest absolute Gasteiger partial charge is 0.295 e. The van der Waals surface area contributed by atoms with Crippen LogP contribution in [0.5, 0.6) is 0 Å². The van der Waals surface area contributed by atoms with E-state index >= 15 is 0 Å². The topological polar surface area (TPSA) is 17.1 Å². The van der Waals surface area contributed by atoms with Crippen molar-refractivity contribution in [3.63, 3.8) is 0 Å². The smallest absolute Gasteiger partial charge is 0.156 e. The van der Waals surface area contributed by atoms with Crippen molar-refractivity contribution in [2.24, 2.45) is 5.41 Å². The molecule has 0 saturated carbocycles. The molecular formula is C14H20O. The van der Waals surface area contributed by atoms with Gasteiger partial charge in [0.2, 0.25) is 0 Å². The highest BCUT2D eigenvalue weighted by atomic mass is 16.1.